The number of nitrogens with one attached hydrogen (secondary N) is 1. The summed E-state index contributed by atoms with van der Waals surface area (Å²) in [6, 6.07) is 8.47. The molecule has 136 valence electrons. The highest BCUT2D eigenvalue weighted by Gasteiger charge is 2.27. The molecule has 2 aliphatic rings. The molecule has 4 rings (SSSR count). The number of carbonyl (C=O) groups is 1. The molecule has 0 radical (unpaired) electrons. The number of rotatable bonds is 6. The summed E-state index contributed by atoms with van der Waals surface area (Å²) < 4.78 is 0. The van der Waals surface area contributed by atoms with Gasteiger partial charge in [0, 0.05) is 29.1 Å². The Kier molecular flexibility index (Phi) is 5.51. The van der Waals surface area contributed by atoms with E-state index in [1.807, 2.05) is 24.4 Å². The summed E-state index contributed by atoms with van der Waals surface area (Å²) >= 11 is 8.19. The first-order valence-corrected chi connectivity index (χ1v) is 10.7. The lowest BCUT2D eigenvalue weighted by Gasteiger charge is -2.13. The Balaban J connectivity index is 1.43. The Hall–Kier alpha value is -1.52. The molecule has 2 saturated carbocycles. The van der Waals surface area contributed by atoms with Gasteiger partial charge in [0.2, 0.25) is 0 Å². The van der Waals surface area contributed by atoms with Crippen molar-refractivity contribution in [1.29, 1.82) is 0 Å². The maximum Gasteiger partial charge on any atom is 0.253 e. The van der Waals surface area contributed by atoms with Crippen molar-refractivity contribution < 1.29 is 4.79 Å². The fourth-order valence-electron chi connectivity index (χ4n) is 3.58. The topological polar surface area (TPSA) is 42.0 Å². The molecule has 2 aromatic rings. The minimum absolute atomic E-state index is 0.00679. The predicted octanol–water partition coefficient (Wildman–Crippen LogP) is 5.58. The van der Waals surface area contributed by atoms with E-state index in [4.69, 9.17) is 11.6 Å². The first kappa shape index (κ1) is 17.9. The highest BCUT2D eigenvalue weighted by molar-refractivity contribution is 7.98. The van der Waals surface area contributed by atoms with Crippen molar-refractivity contribution in [2.24, 2.45) is 0 Å². The molecule has 1 amide bonds. The average molecular weight is 387 g/mol. The van der Waals surface area contributed by atoms with Gasteiger partial charge in [-0.2, -0.15) is 0 Å². The lowest BCUT2D eigenvalue weighted by molar-refractivity contribution is 0.0937. The molecule has 2 fully saturated rings. The van der Waals surface area contributed by atoms with Crippen LogP contribution in [0, 0.1) is 0 Å². The van der Waals surface area contributed by atoms with Crippen LogP contribution >= 0.6 is 23.4 Å². The Labute approximate surface area is 163 Å². The van der Waals surface area contributed by atoms with Crippen molar-refractivity contribution in [3.8, 4) is 0 Å². The summed E-state index contributed by atoms with van der Waals surface area (Å²) in [5, 5.41) is 3.95. The number of hydrogen-bond donors (Lipinski definition) is 1. The summed E-state index contributed by atoms with van der Waals surface area (Å²) in [5.41, 5.74) is 3.07. The molecule has 0 aliphatic heterocycles. The second kappa shape index (κ2) is 8.01. The van der Waals surface area contributed by atoms with Crippen LogP contribution in [0.2, 0.25) is 5.02 Å². The van der Waals surface area contributed by atoms with E-state index in [1.165, 1.54) is 36.1 Å². The maximum atomic E-state index is 12.5. The minimum atomic E-state index is -0.00679. The molecule has 0 bridgehead atoms. The average Bonchev–Trinajstić information content (AvgIpc) is 3.38. The molecule has 0 unspecified atom stereocenters. The molecule has 0 saturated heterocycles. The van der Waals surface area contributed by atoms with Crippen LogP contribution < -0.4 is 5.32 Å². The number of aromatic nitrogens is 1. The molecule has 1 aromatic heterocycles. The number of pyridine rings is 1. The number of halogens is 1. The SMILES string of the molecule is O=C(NC1CCCC1)c1cncc(CSc2c(Cl)cccc2C2CC2)c1. The number of nitrogens with zero attached hydrogens (tertiary/aromatic N) is 1. The molecule has 1 heterocycles. The van der Waals surface area contributed by atoms with Gasteiger partial charge in [-0.05, 0) is 54.9 Å². The van der Waals surface area contributed by atoms with Crippen molar-refractivity contribution >= 4 is 29.3 Å². The number of benzene rings is 1. The van der Waals surface area contributed by atoms with Crippen molar-refractivity contribution in [1.82, 2.24) is 10.3 Å². The Morgan fingerprint density at radius 1 is 1.19 bits per heavy atom. The number of hydrogen-bond acceptors (Lipinski definition) is 3. The summed E-state index contributed by atoms with van der Waals surface area (Å²) in [5.74, 6) is 1.42. The van der Waals surface area contributed by atoms with Gasteiger partial charge in [0.05, 0.1) is 10.6 Å². The fourth-order valence-corrected chi connectivity index (χ4v) is 5.00. The Morgan fingerprint density at radius 2 is 2.00 bits per heavy atom. The zero-order valence-corrected chi connectivity index (χ0v) is 16.3. The number of amides is 1. The molecule has 1 N–H and O–H groups in total. The van der Waals surface area contributed by atoms with Crippen LogP contribution in [0.3, 0.4) is 0 Å². The van der Waals surface area contributed by atoms with Crippen molar-refractivity contribution in [2.75, 3.05) is 0 Å². The largest absolute Gasteiger partial charge is 0.349 e. The number of carbonyl (C=O) groups excluding carboxylic acids is 1. The first-order valence-electron chi connectivity index (χ1n) is 9.36. The van der Waals surface area contributed by atoms with Crippen LogP contribution in [0.15, 0.2) is 41.6 Å². The van der Waals surface area contributed by atoms with Gasteiger partial charge in [0.1, 0.15) is 0 Å². The van der Waals surface area contributed by atoms with E-state index in [9.17, 15) is 4.79 Å². The van der Waals surface area contributed by atoms with Gasteiger partial charge in [-0.3, -0.25) is 9.78 Å². The zero-order valence-electron chi connectivity index (χ0n) is 14.7. The summed E-state index contributed by atoms with van der Waals surface area (Å²) in [4.78, 5) is 17.9. The second-order valence-corrected chi connectivity index (χ2v) is 8.65. The summed E-state index contributed by atoms with van der Waals surface area (Å²) in [6.45, 7) is 0. The van der Waals surface area contributed by atoms with E-state index in [1.54, 1.807) is 18.0 Å². The molecule has 0 spiro atoms. The first-order chi connectivity index (χ1) is 12.7. The minimum Gasteiger partial charge on any atom is -0.349 e. The summed E-state index contributed by atoms with van der Waals surface area (Å²) in [7, 11) is 0. The van der Waals surface area contributed by atoms with Crippen LogP contribution in [0.1, 0.15) is 65.9 Å². The monoisotopic (exact) mass is 386 g/mol. The quantitative estimate of drug-likeness (QED) is 0.659. The Bertz CT molecular complexity index is 800. The van der Waals surface area contributed by atoms with E-state index in [0.29, 0.717) is 17.5 Å². The predicted molar refractivity (Wildman–Crippen MR) is 107 cm³/mol. The third-order valence-electron chi connectivity index (χ3n) is 5.15. The molecule has 2 aliphatic carbocycles. The Morgan fingerprint density at radius 3 is 2.77 bits per heavy atom. The molecular weight excluding hydrogens is 364 g/mol. The third kappa shape index (κ3) is 4.24. The molecule has 5 heteroatoms. The number of thioether (sulfide) groups is 1. The van der Waals surface area contributed by atoms with Crippen LogP contribution in [-0.4, -0.2) is 16.9 Å². The van der Waals surface area contributed by atoms with Crippen LogP contribution in [0.5, 0.6) is 0 Å². The molecule has 3 nitrogen and oxygen atoms in total. The van der Waals surface area contributed by atoms with E-state index in [2.05, 4.69) is 16.4 Å². The van der Waals surface area contributed by atoms with Gasteiger partial charge in [-0.1, -0.05) is 36.6 Å². The smallest absolute Gasteiger partial charge is 0.253 e. The van der Waals surface area contributed by atoms with Gasteiger partial charge in [-0.15, -0.1) is 11.8 Å². The van der Waals surface area contributed by atoms with Gasteiger partial charge >= 0.3 is 0 Å². The van der Waals surface area contributed by atoms with E-state index >= 15 is 0 Å². The normalized spacial score (nSPS) is 17.4. The van der Waals surface area contributed by atoms with Crippen molar-refractivity contribution in [2.45, 2.75) is 61.1 Å². The standard InChI is InChI=1S/C21H23ClN2OS/c22-19-7-3-6-18(15-8-9-15)20(19)26-13-14-10-16(12-23-11-14)21(25)24-17-4-1-2-5-17/h3,6-7,10-12,15,17H,1-2,4-5,8-9,13H2,(H,24,25). The van der Waals surface area contributed by atoms with E-state index in [0.717, 1.165) is 29.2 Å². The fraction of sp³-hybridized carbons (Fsp3) is 0.429. The lowest BCUT2D eigenvalue weighted by Crippen LogP contribution is -2.32. The van der Waals surface area contributed by atoms with Gasteiger partial charge in [0.15, 0.2) is 0 Å². The second-order valence-electron chi connectivity index (χ2n) is 7.26. The van der Waals surface area contributed by atoms with Crippen LogP contribution in [0.4, 0.5) is 0 Å². The molecule has 0 atom stereocenters. The zero-order chi connectivity index (χ0) is 17.9. The maximum absolute atomic E-state index is 12.5. The van der Waals surface area contributed by atoms with Crippen LogP contribution in [0.25, 0.3) is 0 Å². The summed E-state index contributed by atoms with van der Waals surface area (Å²) in [6.07, 6.45) is 10.6. The highest BCUT2D eigenvalue weighted by atomic mass is 35.5. The van der Waals surface area contributed by atoms with Crippen molar-refractivity contribution in [3.05, 3.63) is 58.4 Å². The van der Waals surface area contributed by atoms with Gasteiger partial charge in [-0.25, -0.2) is 0 Å². The van der Waals surface area contributed by atoms with E-state index in [-0.39, 0.29) is 5.91 Å². The van der Waals surface area contributed by atoms with Gasteiger partial charge < -0.3 is 5.32 Å². The lowest BCUT2D eigenvalue weighted by atomic mass is 10.1. The third-order valence-corrected chi connectivity index (χ3v) is 6.79. The molecule has 26 heavy (non-hydrogen) atoms. The molecular formula is C21H23ClN2OS. The van der Waals surface area contributed by atoms with Crippen molar-refractivity contribution in [3.63, 3.8) is 0 Å². The molecule has 1 aromatic carbocycles. The van der Waals surface area contributed by atoms with Gasteiger partial charge in [0.25, 0.3) is 5.91 Å². The van der Waals surface area contributed by atoms with E-state index < -0.39 is 0 Å². The highest BCUT2D eigenvalue weighted by Crippen LogP contribution is 2.46. The van der Waals surface area contributed by atoms with Crippen LogP contribution in [-0.2, 0) is 5.75 Å².